The van der Waals surface area contributed by atoms with Gasteiger partial charge in [-0.15, -0.1) is 11.8 Å². The van der Waals surface area contributed by atoms with Crippen LogP contribution >= 0.6 is 11.8 Å². The Hall–Kier alpha value is -0.470. The minimum Gasteiger partial charge on any atom is -0.392 e. The van der Waals surface area contributed by atoms with Crippen LogP contribution in [0.4, 0.5) is 0 Å². The van der Waals surface area contributed by atoms with Crippen molar-refractivity contribution >= 4 is 11.8 Å². The fourth-order valence-electron chi connectivity index (χ4n) is 1.91. The first-order valence-corrected chi connectivity index (χ1v) is 6.05. The number of hydrogen-bond acceptors (Lipinski definition) is 2. The van der Waals surface area contributed by atoms with Gasteiger partial charge in [0, 0.05) is 10.1 Å². The van der Waals surface area contributed by atoms with E-state index in [4.69, 9.17) is 0 Å². The van der Waals surface area contributed by atoms with E-state index < -0.39 is 0 Å². The Labute approximate surface area is 89.5 Å². The van der Waals surface area contributed by atoms with Crippen LogP contribution in [-0.4, -0.2) is 16.5 Å². The van der Waals surface area contributed by atoms with E-state index in [1.165, 1.54) is 16.9 Å². The van der Waals surface area contributed by atoms with Crippen molar-refractivity contribution < 1.29 is 5.11 Å². The van der Waals surface area contributed by atoms with Gasteiger partial charge in [0.1, 0.15) is 0 Å². The van der Waals surface area contributed by atoms with E-state index in [0.717, 1.165) is 12.8 Å². The maximum absolute atomic E-state index is 9.70. The van der Waals surface area contributed by atoms with Crippen molar-refractivity contribution in [1.82, 2.24) is 0 Å². The average Bonchev–Trinajstić information content (AvgIpc) is 2.52. The van der Waals surface area contributed by atoms with Crippen molar-refractivity contribution in [3.05, 3.63) is 29.8 Å². The number of aryl methyl sites for hydroxylation is 1. The molecular weight excluding hydrogens is 192 g/mol. The molecule has 1 aromatic rings. The standard InChI is InChI=1S/C12H16OS/c1-9-4-2-5-10(8-9)14-12-7-3-6-11(12)13/h2,4-5,8,11-13H,3,6-7H2,1H3/t11-,12-/m0/s1. The summed E-state index contributed by atoms with van der Waals surface area (Å²) in [7, 11) is 0. The fraction of sp³-hybridized carbons (Fsp3) is 0.500. The quantitative estimate of drug-likeness (QED) is 0.806. The lowest BCUT2D eigenvalue weighted by atomic mass is 10.2. The molecule has 76 valence electrons. The van der Waals surface area contributed by atoms with Crippen LogP contribution < -0.4 is 0 Å². The van der Waals surface area contributed by atoms with Gasteiger partial charge in [-0.25, -0.2) is 0 Å². The van der Waals surface area contributed by atoms with Gasteiger partial charge in [0.25, 0.3) is 0 Å². The Morgan fingerprint density at radius 1 is 1.36 bits per heavy atom. The molecule has 0 spiro atoms. The number of aliphatic hydroxyl groups excluding tert-OH is 1. The molecule has 0 aliphatic heterocycles. The van der Waals surface area contributed by atoms with Crippen LogP contribution in [0.15, 0.2) is 29.2 Å². The molecule has 14 heavy (non-hydrogen) atoms. The summed E-state index contributed by atoms with van der Waals surface area (Å²) in [6, 6.07) is 8.51. The predicted molar refractivity (Wildman–Crippen MR) is 60.7 cm³/mol. The Morgan fingerprint density at radius 2 is 2.21 bits per heavy atom. The summed E-state index contributed by atoms with van der Waals surface area (Å²) in [5, 5.41) is 10.1. The normalized spacial score (nSPS) is 26.7. The minimum absolute atomic E-state index is 0.0967. The highest BCUT2D eigenvalue weighted by Crippen LogP contribution is 2.35. The van der Waals surface area contributed by atoms with E-state index in [1.54, 1.807) is 0 Å². The van der Waals surface area contributed by atoms with Crippen LogP contribution in [0, 0.1) is 6.92 Å². The van der Waals surface area contributed by atoms with E-state index in [9.17, 15) is 5.11 Å². The van der Waals surface area contributed by atoms with Gasteiger partial charge in [-0.2, -0.15) is 0 Å². The Balaban J connectivity index is 2.03. The number of thioether (sulfide) groups is 1. The largest absolute Gasteiger partial charge is 0.392 e. The molecule has 1 nitrogen and oxygen atoms in total. The van der Waals surface area contributed by atoms with Crippen molar-refractivity contribution in [3.63, 3.8) is 0 Å². The van der Waals surface area contributed by atoms with Crippen LogP contribution in [-0.2, 0) is 0 Å². The Bertz CT molecular complexity index is 311. The molecule has 1 aliphatic rings. The minimum atomic E-state index is -0.0967. The fourth-order valence-corrected chi connectivity index (χ4v) is 3.25. The predicted octanol–water partition coefficient (Wildman–Crippen LogP) is 3.00. The van der Waals surface area contributed by atoms with Gasteiger partial charge < -0.3 is 5.11 Å². The first kappa shape index (κ1) is 10.1. The third-order valence-corrected chi connectivity index (χ3v) is 4.07. The highest BCUT2D eigenvalue weighted by Gasteiger charge is 2.25. The van der Waals surface area contributed by atoms with Crippen molar-refractivity contribution in [2.24, 2.45) is 0 Å². The summed E-state index contributed by atoms with van der Waals surface area (Å²) in [6.45, 7) is 2.11. The SMILES string of the molecule is Cc1cccc(S[C@H]2CCC[C@@H]2O)c1. The Kier molecular flexibility index (Phi) is 3.14. The van der Waals surface area contributed by atoms with E-state index in [0.29, 0.717) is 5.25 Å². The Morgan fingerprint density at radius 3 is 2.86 bits per heavy atom. The second-order valence-electron chi connectivity index (χ2n) is 3.97. The molecule has 0 saturated heterocycles. The number of rotatable bonds is 2. The monoisotopic (exact) mass is 208 g/mol. The van der Waals surface area contributed by atoms with E-state index in [1.807, 2.05) is 11.8 Å². The van der Waals surface area contributed by atoms with E-state index >= 15 is 0 Å². The molecule has 1 N–H and O–H groups in total. The van der Waals surface area contributed by atoms with Crippen LogP contribution in [0.2, 0.25) is 0 Å². The molecule has 0 unspecified atom stereocenters. The number of hydrogen-bond donors (Lipinski definition) is 1. The van der Waals surface area contributed by atoms with Gasteiger partial charge in [0.2, 0.25) is 0 Å². The third kappa shape index (κ3) is 2.31. The van der Waals surface area contributed by atoms with Gasteiger partial charge in [0.05, 0.1) is 6.10 Å². The van der Waals surface area contributed by atoms with Crippen molar-refractivity contribution in [1.29, 1.82) is 0 Å². The topological polar surface area (TPSA) is 20.2 Å². The molecule has 0 amide bonds. The van der Waals surface area contributed by atoms with Gasteiger partial charge in [-0.3, -0.25) is 0 Å². The first-order valence-electron chi connectivity index (χ1n) is 5.17. The van der Waals surface area contributed by atoms with Crippen LogP contribution in [0.3, 0.4) is 0 Å². The molecular formula is C12H16OS. The van der Waals surface area contributed by atoms with Gasteiger partial charge >= 0.3 is 0 Å². The summed E-state index contributed by atoms with van der Waals surface area (Å²) in [5.74, 6) is 0. The second kappa shape index (κ2) is 4.37. The number of benzene rings is 1. The van der Waals surface area contributed by atoms with E-state index in [2.05, 4.69) is 31.2 Å². The molecule has 1 aliphatic carbocycles. The zero-order chi connectivity index (χ0) is 9.97. The summed E-state index contributed by atoms with van der Waals surface area (Å²) >= 11 is 1.82. The summed E-state index contributed by atoms with van der Waals surface area (Å²) in [5.41, 5.74) is 1.29. The molecule has 0 radical (unpaired) electrons. The molecule has 0 bridgehead atoms. The molecule has 1 aromatic carbocycles. The lowest BCUT2D eigenvalue weighted by molar-refractivity contribution is 0.188. The van der Waals surface area contributed by atoms with Crippen molar-refractivity contribution in [2.75, 3.05) is 0 Å². The number of aliphatic hydroxyl groups is 1. The van der Waals surface area contributed by atoms with Crippen molar-refractivity contribution in [2.45, 2.75) is 42.4 Å². The average molecular weight is 208 g/mol. The maximum Gasteiger partial charge on any atom is 0.0662 e. The van der Waals surface area contributed by atoms with Gasteiger partial charge in [-0.05, 0) is 38.3 Å². The van der Waals surface area contributed by atoms with Crippen molar-refractivity contribution in [3.8, 4) is 0 Å². The maximum atomic E-state index is 9.70. The second-order valence-corrected chi connectivity index (χ2v) is 5.28. The molecule has 1 fully saturated rings. The van der Waals surface area contributed by atoms with E-state index in [-0.39, 0.29) is 6.10 Å². The van der Waals surface area contributed by atoms with Crippen LogP contribution in [0.1, 0.15) is 24.8 Å². The molecule has 0 aromatic heterocycles. The highest BCUT2D eigenvalue weighted by atomic mass is 32.2. The summed E-state index contributed by atoms with van der Waals surface area (Å²) < 4.78 is 0. The van der Waals surface area contributed by atoms with Crippen LogP contribution in [0.25, 0.3) is 0 Å². The van der Waals surface area contributed by atoms with Gasteiger partial charge in [-0.1, -0.05) is 17.7 Å². The smallest absolute Gasteiger partial charge is 0.0662 e. The van der Waals surface area contributed by atoms with Gasteiger partial charge in [0.15, 0.2) is 0 Å². The molecule has 0 heterocycles. The zero-order valence-electron chi connectivity index (χ0n) is 8.44. The zero-order valence-corrected chi connectivity index (χ0v) is 9.26. The first-order chi connectivity index (χ1) is 6.75. The molecule has 1 saturated carbocycles. The lowest BCUT2D eigenvalue weighted by Crippen LogP contribution is -2.14. The van der Waals surface area contributed by atoms with Crippen LogP contribution in [0.5, 0.6) is 0 Å². The molecule has 2 heteroatoms. The molecule has 2 atom stereocenters. The third-order valence-electron chi connectivity index (χ3n) is 2.69. The summed E-state index contributed by atoms with van der Waals surface area (Å²) in [6.07, 6.45) is 3.20. The highest BCUT2D eigenvalue weighted by molar-refractivity contribution is 8.00. The summed E-state index contributed by atoms with van der Waals surface area (Å²) in [4.78, 5) is 1.29. The lowest BCUT2D eigenvalue weighted by Gasteiger charge is -2.13. The molecule has 2 rings (SSSR count).